The summed E-state index contributed by atoms with van der Waals surface area (Å²) in [5, 5.41) is 18.2. The second-order valence-electron chi connectivity index (χ2n) is 4.56. The highest BCUT2D eigenvalue weighted by Crippen LogP contribution is 2.49. The van der Waals surface area contributed by atoms with Crippen molar-refractivity contribution in [3.8, 4) is 5.75 Å². The predicted octanol–water partition coefficient (Wildman–Crippen LogP) is -0.276. The fourth-order valence-electron chi connectivity index (χ4n) is 1.97. The van der Waals surface area contributed by atoms with Gasteiger partial charge in [-0.3, -0.25) is 0 Å². The Hall–Kier alpha value is -1.22. The van der Waals surface area contributed by atoms with Gasteiger partial charge in [0.1, 0.15) is 17.1 Å². The summed E-state index contributed by atoms with van der Waals surface area (Å²) in [7, 11) is -2.50. The van der Waals surface area contributed by atoms with E-state index >= 15 is 0 Å². The highest BCUT2D eigenvalue weighted by molar-refractivity contribution is 7.93. The molecule has 1 unspecified atom stereocenters. The van der Waals surface area contributed by atoms with Gasteiger partial charge in [-0.2, -0.15) is 0 Å². The summed E-state index contributed by atoms with van der Waals surface area (Å²) in [6.07, 6.45) is 0.598. The van der Waals surface area contributed by atoms with Crippen molar-refractivity contribution in [3.63, 3.8) is 0 Å². The van der Waals surface area contributed by atoms with E-state index in [4.69, 9.17) is 14.6 Å². The van der Waals surface area contributed by atoms with Crippen molar-refractivity contribution in [1.82, 2.24) is 4.98 Å². The highest BCUT2D eigenvalue weighted by Gasteiger charge is 2.61. The first-order valence-corrected chi connectivity index (χ1v) is 7.61. The summed E-state index contributed by atoms with van der Waals surface area (Å²) >= 11 is 0. The first-order valence-electron chi connectivity index (χ1n) is 6.13. The third-order valence-electron chi connectivity index (χ3n) is 3.30. The molecular formula is C12H17NO6S. The minimum atomic E-state index is -3.77. The van der Waals surface area contributed by atoms with Crippen LogP contribution in [0.15, 0.2) is 23.4 Å². The Kier molecular flexibility index (Phi) is 4.28. The van der Waals surface area contributed by atoms with Crippen molar-refractivity contribution in [3.05, 3.63) is 18.3 Å². The number of ether oxygens (including phenoxy) is 2. The van der Waals surface area contributed by atoms with Crippen LogP contribution in [0, 0.1) is 0 Å². The molecule has 1 heterocycles. The summed E-state index contributed by atoms with van der Waals surface area (Å²) < 4.78 is 33.5. The summed E-state index contributed by atoms with van der Waals surface area (Å²) in [5.74, 6) is 0.370. The summed E-state index contributed by atoms with van der Waals surface area (Å²) in [5.41, 5.74) is 0. The molecule has 2 rings (SSSR count). The molecule has 1 saturated carbocycles. The zero-order valence-electron chi connectivity index (χ0n) is 11.0. The van der Waals surface area contributed by atoms with Crippen molar-refractivity contribution in [2.45, 2.75) is 28.9 Å². The van der Waals surface area contributed by atoms with E-state index in [2.05, 4.69) is 4.98 Å². The average molecular weight is 303 g/mol. The van der Waals surface area contributed by atoms with Crippen LogP contribution in [-0.2, 0) is 14.6 Å². The molecule has 8 heteroatoms. The lowest BCUT2D eigenvalue weighted by Crippen LogP contribution is -2.38. The normalized spacial score (nSPS) is 18.6. The van der Waals surface area contributed by atoms with Gasteiger partial charge in [0.05, 0.1) is 12.8 Å². The first-order chi connectivity index (χ1) is 9.48. The van der Waals surface area contributed by atoms with E-state index in [0.717, 1.165) is 0 Å². The third kappa shape index (κ3) is 2.51. The van der Waals surface area contributed by atoms with Crippen molar-refractivity contribution >= 4 is 9.84 Å². The van der Waals surface area contributed by atoms with Gasteiger partial charge in [-0.1, -0.05) is 0 Å². The third-order valence-corrected chi connectivity index (χ3v) is 5.77. The molecule has 0 amide bonds. The molecule has 1 aromatic heterocycles. The van der Waals surface area contributed by atoms with Crippen LogP contribution in [0.5, 0.6) is 5.75 Å². The molecular weight excluding hydrogens is 286 g/mol. The fourth-order valence-corrected chi connectivity index (χ4v) is 3.83. The lowest BCUT2D eigenvalue weighted by atomic mass is 10.4. The Bertz CT molecular complexity index is 552. The first kappa shape index (κ1) is 15.2. The number of sulfone groups is 1. The van der Waals surface area contributed by atoms with Crippen LogP contribution in [0.4, 0.5) is 0 Å². The monoisotopic (exact) mass is 303 g/mol. The maximum Gasteiger partial charge on any atom is 0.206 e. The van der Waals surface area contributed by atoms with E-state index < -0.39 is 20.9 Å². The van der Waals surface area contributed by atoms with Crippen LogP contribution in [0.1, 0.15) is 12.8 Å². The van der Waals surface area contributed by atoms with Crippen molar-refractivity contribution in [2.24, 2.45) is 0 Å². The molecule has 112 valence electrons. The van der Waals surface area contributed by atoms with E-state index in [1.807, 2.05) is 0 Å². The second-order valence-corrected chi connectivity index (χ2v) is 6.80. The zero-order valence-corrected chi connectivity index (χ0v) is 11.8. The largest absolute Gasteiger partial charge is 0.490 e. The molecule has 0 bridgehead atoms. The minimum Gasteiger partial charge on any atom is -0.490 e. The van der Waals surface area contributed by atoms with Gasteiger partial charge < -0.3 is 19.7 Å². The fraction of sp³-hybridized carbons (Fsp3) is 0.583. The SMILES string of the molecule is COC(O)C1(S(=O)(=O)c2ccc(OCCO)cn2)CC1. The number of methoxy groups -OCH3 is 1. The number of rotatable bonds is 7. The molecule has 1 aromatic rings. The highest BCUT2D eigenvalue weighted by atomic mass is 32.2. The van der Waals surface area contributed by atoms with Crippen molar-refractivity contribution < 1.29 is 28.1 Å². The predicted molar refractivity (Wildman–Crippen MR) is 69.0 cm³/mol. The topological polar surface area (TPSA) is 106 Å². The van der Waals surface area contributed by atoms with Crippen molar-refractivity contribution in [1.29, 1.82) is 0 Å². The van der Waals surface area contributed by atoms with E-state index in [1.165, 1.54) is 25.4 Å². The van der Waals surface area contributed by atoms with Gasteiger partial charge in [-0.05, 0) is 25.0 Å². The zero-order chi connectivity index (χ0) is 14.8. The molecule has 1 fully saturated rings. The summed E-state index contributed by atoms with van der Waals surface area (Å²) in [6.45, 7) is -0.0245. The Morgan fingerprint density at radius 3 is 2.60 bits per heavy atom. The van der Waals surface area contributed by atoms with E-state index in [1.54, 1.807) is 0 Å². The van der Waals surface area contributed by atoms with Crippen LogP contribution in [0.2, 0.25) is 0 Å². The standard InChI is InChI=1S/C12H17NO6S/c1-18-11(15)12(4-5-12)20(16,17)10-3-2-9(8-13-10)19-7-6-14/h2-3,8,11,14-15H,4-7H2,1H3. The van der Waals surface area contributed by atoms with Gasteiger partial charge in [0, 0.05) is 7.11 Å². The number of nitrogens with zero attached hydrogens (tertiary/aromatic N) is 1. The molecule has 1 aliphatic rings. The Balaban J connectivity index is 2.22. The van der Waals surface area contributed by atoms with E-state index in [-0.39, 0.29) is 18.2 Å². The lowest BCUT2D eigenvalue weighted by Gasteiger charge is -2.20. The quantitative estimate of drug-likeness (QED) is 0.667. The van der Waals surface area contributed by atoms with Crippen LogP contribution < -0.4 is 4.74 Å². The van der Waals surface area contributed by atoms with Gasteiger partial charge in [-0.15, -0.1) is 0 Å². The molecule has 0 spiro atoms. The van der Waals surface area contributed by atoms with Gasteiger partial charge in [0.2, 0.25) is 9.84 Å². The maximum absolute atomic E-state index is 12.5. The van der Waals surface area contributed by atoms with E-state index in [0.29, 0.717) is 18.6 Å². The Labute approximate surface area is 117 Å². The summed E-state index contributed by atoms with van der Waals surface area (Å²) in [6, 6.07) is 2.79. The van der Waals surface area contributed by atoms with Crippen LogP contribution in [0.3, 0.4) is 0 Å². The molecule has 1 aliphatic carbocycles. The molecule has 0 saturated heterocycles. The van der Waals surface area contributed by atoms with E-state index in [9.17, 15) is 13.5 Å². The molecule has 1 atom stereocenters. The van der Waals surface area contributed by atoms with Crippen LogP contribution in [0.25, 0.3) is 0 Å². The molecule has 7 nitrogen and oxygen atoms in total. The number of aliphatic hydroxyl groups excluding tert-OH is 2. The second kappa shape index (κ2) is 5.65. The Morgan fingerprint density at radius 1 is 1.45 bits per heavy atom. The number of aliphatic hydroxyl groups is 2. The van der Waals surface area contributed by atoms with Crippen LogP contribution in [-0.4, -0.2) is 55.0 Å². The maximum atomic E-state index is 12.5. The van der Waals surface area contributed by atoms with Gasteiger partial charge in [-0.25, -0.2) is 13.4 Å². The number of hydrogen-bond acceptors (Lipinski definition) is 7. The van der Waals surface area contributed by atoms with Gasteiger partial charge >= 0.3 is 0 Å². The van der Waals surface area contributed by atoms with Crippen molar-refractivity contribution in [2.75, 3.05) is 20.3 Å². The number of pyridine rings is 1. The van der Waals surface area contributed by atoms with Gasteiger partial charge in [0.25, 0.3) is 0 Å². The lowest BCUT2D eigenvalue weighted by molar-refractivity contribution is -0.0808. The molecule has 0 aliphatic heterocycles. The number of hydrogen-bond donors (Lipinski definition) is 2. The van der Waals surface area contributed by atoms with Gasteiger partial charge in [0.15, 0.2) is 11.3 Å². The Morgan fingerprint density at radius 2 is 2.15 bits per heavy atom. The minimum absolute atomic E-state index is 0.111. The molecule has 0 aromatic carbocycles. The summed E-state index contributed by atoms with van der Waals surface area (Å²) in [4.78, 5) is 3.86. The average Bonchev–Trinajstić information content (AvgIpc) is 3.26. The molecule has 2 N–H and O–H groups in total. The number of aromatic nitrogens is 1. The molecule has 0 radical (unpaired) electrons. The smallest absolute Gasteiger partial charge is 0.206 e. The molecule has 20 heavy (non-hydrogen) atoms. The van der Waals surface area contributed by atoms with Crippen LogP contribution >= 0.6 is 0 Å².